The predicted molar refractivity (Wildman–Crippen MR) is 101 cm³/mol. The Morgan fingerprint density at radius 1 is 1.15 bits per heavy atom. The molecule has 27 heavy (non-hydrogen) atoms. The van der Waals surface area contributed by atoms with Crippen LogP contribution in [0, 0.1) is 13.8 Å². The van der Waals surface area contributed by atoms with E-state index in [-0.39, 0.29) is 12.1 Å². The Labute approximate surface area is 166 Å². The molecule has 2 rings (SSSR count). The lowest BCUT2D eigenvalue weighted by Gasteiger charge is -2.17. The van der Waals surface area contributed by atoms with Gasteiger partial charge in [0.15, 0.2) is 6.61 Å². The first-order valence-electron chi connectivity index (χ1n) is 7.90. The van der Waals surface area contributed by atoms with Gasteiger partial charge in [-0.25, -0.2) is 4.79 Å². The second-order valence-electron chi connectivity index (χ2n) is 5.83. The van der Waals surface area contributed by atoms with E-state index in [0.717, 1.165) is 4.90 Å². The van der Waals surface area contributed by atoms with Crippen LogP contribution in [0.2, 0.25) is 10.0 Å². The first-order valence-corrected chi connectivity index (χ1v) is 8.66. The Bertz CT molecular complexity index is 879. The lowest BCUT2D eigenvalue weighted by atomic mass is 10.2. The predicted octanol–water partition coefficient (Wildman–Crippen LogP) is 3.46. The van der Waals surface area contributed by atoms with Gasteiger partial charge >= 0.3 is 5.97 Å². The van der Waals surface area contributed by atoms with Gasteiger partial charge in [0, 0.05) is 12.7 Å². The molecule has 9 heteroatoms. The molecule has 7 nitrogen and oxygen atoms in total. The number of nitrogens with zero attached hydrogens (tertiary/aromatic N) is 1. The largest absolute Gasteiger partial charge is 0.466 e. The Kier molecular flexibility index (Phi) is 6.87. The lowest BCUT2D eigenvalue weighted by Crippen LogP contribution is -2.37. The molecule has 144 valence electrons. The van der Waals surface area contributed by atoms with E-state index in [0.29, 0.717) is 27.3 Å². The van der Waals surface area contributed by atoms with Crippen LogP contribution in [0.4, 0.5) is 5.69 Å². The lowest BCUT2D eigenvalue weighted by molar-refractivity contribution is -0.136. The van der Waals surface area contributed by atoms with Crippen molar-refractivity contribution in [3.63, 3.8) is 0 Å². The maximum absolute atomic E-state index is 12.1. The van der Waals surface area contributed by atoms with Crippen molar-refractivity contribution in [2.45, 2.75) is 13.8 Å². The highest BCUT2D eigenvalue weighted by molar-refractivity contribution is 6.42. The minimum atomic E-state index is -0.661. The van der Waals surface area contributed by atoms with E-state index in [9.17, 15) is 14.4 Å². The minimum Gasteiger partial charge on any atom is -0.466 e. The monoisotopic (exact) mass is 412 g/mol. The summed E-state index contributed by atoms with van der Waals surface area (Å²) in [6.07, 6.45) is 0. The fourth-order valence-electron chi connectivity index (χ4n) is 2.23. The SMILES string of the molecule is Cc1cc(C(=O)OCC(=O)N(C)CC(=O)Nc2ccc(Cl)c(Cl)c2)c(C)o1. The maximum atomic E-state index is 12.1. The summed E-state index contributed by atoms with van der Waals surface area (Å²) < 4.78 is 10.2. The third-order valence-corrected chi connectivity index (χ3v) is 4.34. The summed E-state index contributed by atoms with van der Waals surface area (Å²) in [6, 6.07) is 6.18. The fraction of sp³-hybridized carbons (Fsp3) is 0.278. The number of carbonyl (C=O) groups excluding carboxylic acids is 3. The highest BCUT2D eigenvalue weighted by atomic mass is 35.5. The molecule has 0 aliphatic heterocycles. The van der Waals surface area contributed by atoms with E-state index in [1.807, 2.05) is 0 Å². The number of hydrogen-bond donors (Lipinski definition) is 1. The van der Waals surface area contributed by atoms with Crippen LogP contribution >= 0.6 is 23.2 Å². The minimum absolute atomic E-state index is 0.222. The summed E-state index contributed by atoms with van der Waals surface area (Å²) >= 11 is 11.7. The van der Waals surface area contributed by atoms with Crippen molar-refractivity contribution in [2.24, 2.45) is 0 Å². The van der Waals surface area contributed by atoms with Crippen LogP contribution in [0.3, 0.4) is 0 Å². The van der Waals surface area contributed by atoms with Gasteiger partial charge in [-0.3, -0.25) is 9.59 Å². The smallest absolute Gasteiger partial charge is 0.342 e. The highest BCUT2D eigenvalue weighted by Gasteiger charge is 2.19. The zero-order chi connectivity index (χ0) is 20.1. The molecule has 1 N–H and O–H groups in total. The van der Waals surface area contributed by atoms with Crippen molar-refractivity contribution < 1.29 is 23.5 Å². The number of aryl methyl sites for hydroxylation is 2. The molecule has 0 atom stereocenters. The summed E-state index contributed by atoms with van der Waals surface area (Å²) in [7, 11) is 1.43. The van der Waals surface area contributed by atoms with E-state index in [2.05, 4.69) is 5.32 Å². The van der Waals surface area contributed by atoms with Crippen LogP contribution in [-0.4, -0.2) is 42.9 Å². The van der Waals surface area contributed by atoms with Crippen molar-refractivity contribution in [1.29, 1.82) is 0 Å². The number of carbonyl (C=O) groups is 3. The van der Waals surface area contributed by atoms with Gasteiger partial charge in [0.2, 0.25) is 5.91 Å². The van der Waals surface area contributed by atoms with E-state index in [4.69, 9.17) is 32.4 Å². The summed E-state index contributed by atoms with van der Waals surface area (Å²) in [6.45, 7) is 2.62. The molecule has 0 fully saturated rings. The number of likely N-dealkylation sites (N-methyl/N-ethyl adjacent to an activating group) is 1. The number of hydrogen-bond acceptors (Lipinski definition) is 5. The van der Waals surface area contributed by atoms with Gasteiger partial charge in [0.25, 0.3) is 5.91 Å². The van der Waals surface area contributed by atoms with E-state index >= 15 is 0 Å². The molecule has 0 spiro atoms. The molecule has 0 bridgehead atoms. The van der Waals surface area contributed by atoms with Gasteiger partial charge in [-0.05, 0) is 38.1 Å². The normalized spacial score (nSPS) is 10.4. The first kappa shape index (κ1) is 20.8. The van der Waals surface area contributed by atoms with Crippen molar-refractivity contribution in [2.75, 3.05) is 25.5 Å². The Balaban J connectivity index is 1.83. The van der Waals surface area contributed by atoms with Gasteiger partial charge < -0.3 is 19.4 Å². The molecule has 0 aliphatic rings. The van der Waals surface area contributed by atoms with Gasteiger partial charge in [0.1, 0.15) is 17.1 Å². The average Bonchev–Trinajstić information content (AvgIpc) is 2.94. The molecular weight excluding hydrogens is 395 g/mol. The number of nitrogens with one attached hydrogen (secondary N) is 1. The van der Waals surface area contributed by atoms with Gasteiger partial charge in [-0.15, -0.1) is 0 Å². The number of anilines is 1. The van der Waals surface area contributed by atoms with E-state index < -0.39 is 24.4 Å². The van der Waals surface area contributed by atoms with Crippen molar-refractivity contribution in [3.05, 3.63) is 51.4 Å². The molecule has 0 saturated heterocycles. The number of benzene rings is 1. The molecule has 1 aromatic carbocycles. The number of amides is 2. The molecule has 0 radical (unpaired) electrons. The highest BCUT2D eigenvalue weighted by Crippen LogP contribution is 2.24. The van der Waals surface area contributed by atoms with Crippen molar-refractivity contribution in [3.8, 4) is 0 Å². The third kappa shape index (κ3) is 5.74. The summed E-state index contributed by atoms with van der Waals surface area (Å²) in [5, 5.41) is 3.27. The number of esters is 1. The standard InChI is InChI=1S/C18H18Cl2N2O5/c1-10-6-13(11(2)27-10)18(25)26-9-17(24)22(3)8-16(23)21-12-4-5-14(19)15(20)7-12/h4-7H,8-9H2,1-3H3,(H,21,23). The zero-order valence-corrected chi connectivity index (χ0v) is 16.5. The summed E-state index contributed by atoms with van der Waals surface area (Å²) in [5.74, 6) is -0.630. The molecule has 0 unspecified atom stereocenters. The molecule has 1 aromatic heterocycles. The Hall–Kier alpha value is -2.51. The fourth-order valence-corrected chi connectivity index (χ4v) is 2.52. The topological polar surface area (TPSA) is 88.9 Å². The Morgan fingerprint density at radius 3 is 2.44 bits per heavy atom. The number of ether oxygens (including phenoxy) is 1. The van der Waals surface area contributed by atoms with Gasteiger partial charge in [-0.2, -0.15) is 0 Å². The molecule has 2 amide bonds. The van der Waals surface area contributed by atoms with Crippen molar-refractivity contribution >= 4 is 46.7 Å². The van der Waals surface area contributed by atoms with Gasteiger partial charge in [-0.1, -0.05) is 23.2 Å². The number of halogens is 2. The second kappa shape index (κ2) is 8.92. The number of rotatable bonds is 6. The molecular formula is C18H18Cl2N2O5. The van der Waals surface area contributed by atoms with Gasteiger partial charge in [0.05, 0.1) is 16.6 Å². The van der Waals surface area contributed by atoms with Crippen LogP contribution in [0.1, 0.15) is 21.9 Å². The first-order chi connectivity index (χ1) is 12.7. The Morgan fingerprint density at radius 2 is 1.85 bits per heavy atom. The number of furan rings is 1. The summed E-state index contributed by atoms with van der Waals surface area (Å²) in [4.78, 5) is 37.2. The van der Waals surface area contributed by atoms with Crippen LogP contribution in [0.5, 0.6) is 0 Å². The quantitative estimate of drug-likeness (QED) is 0.733. The molecule has 0 saturated carbocycles. The molecule has 0 aliphatic carbocycles. The average molecular weight is 413 g/mol. The van der Waals surface area contributed by atoms with Crippen molar-refractivity contribution in [1.82, 2.24) is 4.90 Å². The van der Waals surface area contributed by atoms with Crippen LogP contribution in [-0.2, 0) is 14.3 Å². The zero-order valence-electron chi connectivity index (χ0n) is 15.0. The summed E-state index contributed by atoms with van der Waals surface area (Å²) in [5.41, 5.74) is 0.716. The molecule has 1 heterocycles. The second-order valence-corrected chi connectivity index (χ2v) is 6.64. The van der Waals surface area contributed by atoms with Crippen LogP contribution in [0.25, 0.3) is 0 Å². The van der Waals surface area contributed by atoms with Crippen LogP contribution < -0.4 is 5.32 Å². The van der Waals surface area contributed by atoms with E-state index in [1.165, 1.54) is 19.2 Å². The maximum Gasteiger partial charge on any atom is 0.342 e. The third-order valence-electron chi connectivity index (χ3n) is 3.60. The van der Waals surface area contributed by atoms with Crippen LogP contribution in [0.15, 0.2) is 28.7 Å². The van der Waals surface area contributed by atoms with E-state index in [1.54, 1.807) is 26.0 Å². The molecule has 2 aromatic rings.